The SMILES string of the molecule is COc1ccc(CN(C(=O)COc2ccc(S(=O)(=O)N3CCOCC3)cc2)[C@@H](C)C(=O)NCc2ccncc2)cc1. The molecule has 1 N–H and O–H groups in total. The van der Waals surface area contributed by atoms with Gasteiger partial charge in [0.25, 0.3) is 5.91 Å². The maximum Gasteiger partial charge on any atom is 0.261 e. The van der Waals surface area contributed by atoms with Crippen LogP contribution in [0, 0.1) is 0 Å². The maximum atomic E-state index is 13.4. The van der Waals surface area contributed by atoms with Crippen molar-refractivity contribution in [2.45, 2.75) is 31.0 Å². The second kappa shape index (κ2) is 14.1. The molecule has 1 aliphatic heterocycles. The molecular formula is C29H34N4O7S. The van der Waals surface area contributed by atoms with E-state index in [0.717, 1.165) is 11.1 Å². The Kier molecular flexibility index (Phi) is 10.3. The van der Waals surface area contributed by atoms with Crippen LogP contribution in [0.25, 0.3) is 0 Å². The van der Waals surface area contributed by atoms with E-state index in [2.05, 4.69) is 10.3 Å². The number of methoxy groups -OCH3 is 1. The number of nitrogens with zero attached hydrogens (tertiary/aromatic N) is 3. The number of carbonyl (C=O) groups is 2. The monoisotopic (exact) mass is 582 g/mol. The number of morpholine rings is 1. The molecule has 3 aromatic rings. The molecule has 4 rings (SSSR count). The van der Waals surface area contributed by atoms with Gasteiger partial charge >= 0.3 is 0 Å². The minimum Gasteiger partial charge on any atom is -0.497 e. The first-order valence-electron chi connectivity index (χ1n) is 13.2. The van der Waals surface area contributed by atoms with Gasteiger partial charge in [-0.05, 0) is 66.6 Å². The number of aromatic nitrogens is 1. The molecule has 1 aliphatic rings. The second-order valence-corrected chi connectivity index (χ2v) is 11.3. The molecule has 218 valence electrons. The fourth-order valence-electron chi connectivity index (χ4n) is 4.22. The average Bonchev–Trinajstić information content (AvgIpc) is 3.02. The van der Waals surface area contributed by atoms with Crippen molar-refractivity contribution in [3.63, 3.8) is 0 Å². The highest BCUT2D eigenvalue weighted by molar-refractivity contribution is 7.89. The zero-order valence-electron chi connectivity index (χ0n) is 23.1. The van der Waals surface area contributed by atoms with Crippen LogP contribution >= 0.6 is 0 Å². The number of carbonyl (C=O) groups excluding carboxylic acids is 2. The van der Waals surface area contributed by atoms with Gasteiger partial charge in [0.05, 0.1) is 25.2 Å². The van der Waals surface area contributed by atoms with Gasteiger partial charge in [0, 0.05) is 38.6 Å². The van der Waals surface area contributed by atoms with Crippen molar-refractivity contribution in [3.8, 4) is 11.5 Å². The zero-order valence-corrected chi connectivity index (χ0v) is 23.9. The Morgan fingerprint density at radius 3 is 2.24 bits per heavy atom. The fraction of sp³-hybridized carbons (Fsp3) is 0.345. The minimum absolute atomic E-state index is 0.138. The van der Waals surface area contributed by atoms with Crippen molar-refractivity contribution in [3.05, 3.63) is 84.2 Å². The van der Waals surface area contributed by atoms with E-state index in [0.29, 0.717) is 44.3 Å². The van der Waals surface area contributed by atoms with Gasteiger partial charge in [0.2, 0.25) is 15.9 Å². The highest BCUT2D eigenvalue weighted by Crippen LogP contribution is 2.21. The summed E-state index contributed by atoms with van der Waals surface area (Å²) in [6.07, 6.45) is 3.29. The summed E-state index contributed by atoms with van der Waals surface area (Å²) in [4.78, 5) is 32.0. The molecule has 2 heterocycles. The number of hydrogen-bond donors (Lipinski definition) is 1. The van der Waals surface area contributed by atoms with Crippen molar-refractivity contribution >= 4 is 21.8 Å². The van der Waals surface area contributed by atoms with E-state index in [1.54, 1.807) is 50.7 Å². The third kappa shape index (κ3) is 8.03. The van der Waals surface area contributed by atoms with E-state index in [1.807, 2.05) is 12.1 Å². The molecule has 0 aliphatic carbocycles. The number of sulfonamides is 1. The number of rotatable bonds is 12. The fourth-order valence-corrected chi connectivity index (χ4v) is 5.63. The van der Waals surface area contributed by atoms with Crippen LogP contribution in [-0.4, -0.2) is 80.5 Å². The molecule has 0 unspecified atom stereocenters. The lowest BCUT2D eigenvalue weighted by Gasteiger charge is -2.29. The standard InChI is InChI=1S/C29H34N4O7S/c1-22(29(35)31-19-23-11-13-30-14-12-23)33(20-24-3-5-25(38-2)6-4-24)28(34)21-40-26-7-9-27(10-8-26)41(36,37)32-15-17-39-18-16-32/h3-14,22H,15-21H2,1-2H3,(H,31,35)/t22-/m0/s1. The normalized spacial score (nSPS) is 14.6. The molecule has 12 heteroatoms. The van der Waals surface area contributed by atoms with Crippen LogP contribution in [0.3, 0.4) is 0 Å². The van der Waals surface area contributed by atoms with Gasteiger partial charge in [0.1, 0.15) is 17.5 Å². The number of benzene rings is 2. The van der Waals surface area contributed by atoms with Crippen LogP contribution in [0.2, 0.25) is 0 Å². The van der Waals surface area contributed by atoms with E-state index in [4.69, 9.17) is 14.2 Å². The van der Waals surface area contributed by atoms with Crippen LogP contribution in [0.4, 0.5) is 0 Å². The molecule has 1 fully saturated rings. The van der Waals surface area contributed by atoms with Gasteiger partial charge in [-0.1, -0.05) is 12.1 Å². The van der Waals surface area contributed by atoms with Crippen LogP contribution in [-0.2, 0) is 37.4 Å². The van der Waals surface area contributed by atoms with Crippen molar-refractivity contribution in [1.82, 2.24) is 19.5 Å². The van der Waals surface area contributed by atoms with E-state index in [-0.39, 0.29) is 24.0 Å². The summed E-state index contributed by atoms with van der Waals surface area (Å²) < 4.78 is 43.3. The van der Waals surface area contributed by atoms with Crippen LogP contribution in [0.1, 0.15) is 18.1 Å². The van der Waals surface area contributed by atoms with Gasteiger partial charge < -0.3 is 24.4 Å². The minimum atomic E-state index is -3.64. The summed E-state index contributed by atoms with van der Waals surface area (Å²) in [6, 6.07) is 16.0. The third-order valence-electron chi connectivity index (χ3n) is 6.69. The second-order valence-electron chi connectivity index (χ2n) is 9.40. The van der Waals surface area contributed by atoms with Crippen molar-refractivity contribution < 1.29 is 32.2 Å². The van der Waals surface area contributed by atoms with Gasteiger partial charge in [0.15, 0.2) is 6.61 Å². The Morgan fingerprint density at radius 2 is 1.61 bits per heavy atom. The first-order valence-corrected chi connectivity index (χ1v) is 14.6. The van der Waals surface area contributed by atoms with Crippen LogP contribution in [0.5, 0.6) is 11.5 Å². The third-order valence-corrected chi connectivity index (χ3v) is 8.60. The van der Waals surface area contributed by atoms with E-state index in [9.17, 15) is 18.0 Å². The molecule has 0 saturated carbocycles. The molecule has 1 atom stereocenters. The number of amides is 2. The van der Waals surface area contributed by atoms with Crippen LogP contribution < -0.4 is 14.8 Å². The molecule has 1 saturated heterocycles. The van der Waals surface area contributed by atoms with Gasteiger partial charge in [-0.3, -0.25) is 14.6 Å². The molecule has 11 nitrogen and oxygen atoms in total. The van der Waals surface area contributed by atoms with E-state index < -0.39 is 22.0 Å². The van der Waals surface area contributed by atoms with Gasteiger partial charge in [-0.25, -0.2) is 8.42 Å². The topological polar surface area (TPSA) is 127 Å². The molecule has 41 heavy (non-hydrogen) atoms. The first-order chi connectivity index (χ1) is 19.8. The largest absolute Gasteiger partial charge is 0.497 e. The number of hydrogen-bond acceptors (Lipinski definition) is 8. The highest BCUT2D eigenvalue weighted by Gasteiger charge is 2.28. The lowest BCUT2D eigenvalue weighted by molar-refractivity contribution is -0.142. The summed E-state index contributed by atoms with van der Waals surface area (Å²) in [7, 11) is -2.07. The van der Waals surface area contributed by atoms with Crippen LogP contribution in [0.15, 0.2) is 78.0 Å². The van der Waals surface area contributed by atoms with Crippen molar-refractivity contribution in [1.29, 1.82) is 0 Å². The predicted molar refractivity (Wildman–Crippen MR) is 151 cm³/mol. The van der Waals surface area contributed by atoms with Crippen molar-refractivity contribution in [2.24, 2.45) is 0 Å². The van der Waals surface area contributed by atoms with Gasteiger partial charge in [-0.15, -0.1) is 0 Å². The molecule has 0 bridgehead atoms. The number of nitrogens with one attached hydrogen (secondary N) is 1. The molecule has 0 spiro atoms. The highest BCUT2D eigenvalue weighted by atomic mass is 32.2. The van der Waals surface area contributed by atoms with Gasteiger partial charge in [-0.2, -0.15) is 4.31 Å². The molecule has 0 radical (unpaired) electrons. The van der Waals surface area contributed by atoms with E-state index >= 15 is 0 Å². The maximum absolute atomic E-state index is 13.4. The Bertz CT molecular complexity index is 1400. The van der Waals surface area contributed by atoms with Crippen molar-refractivity contribution in [2.75, 3.05) is 40.0 Å². The smallest absolute Gasteiger partial charge is 0.261 e. The molecular weight excluding hydrogens is 548 g/mol. The zero-order chi connectivity index (χ0) is 29.2. The number of ether oxygens (including phenoxy) is 3. The average molecular weight is 583 g/mol. The Balaban J connectivity index is 1.42. The summed E-state index contributed by atoms with van der Waals surface area (Å²) in [5.41, 5.74) is 1.70. The molecule has 2 aromatic carbocycles. The first kappa shape index (κ1) is 30.0. The summed E-state index contributed by atoms with van der Waals surface area (Å²) in [5.74, 6) is 0.286. The Hall–Kier alpha value is -4.00. The lowest BCUT2D eigenvalue weighted by atomic mass is 10.1. The summed E-state index contributed by atoms with van der Waals surface area (Å²) >= 11 is 0. The quantitative estimate of drug-likeness (QED) is 0.345. The molecule has 1 aromatic heterocycles. The Morgan fingerprint density at radius 1 is 0.976 bits per heavy atom. The Labute approximate surface area is 240 Å². The number of pyridine rings is 1. The lowest BCUT2D eigenvalue weighted by Crippen LogP contribution is -2.48. The summed E-state index contributed by atoms with van der Waals surface area (Å²) in [6.45, 7) is 3.11. The predicted octanol–water partition coefficient (Wildman–Crippen LogP) is 2.22. The van der Waals surface area contributed by atoms with E-state index in [1.165, 1.54) is 33.5 Å². The molecule has 2 amide bonds. The summed E-state index contributed by atoms with van der Waals surface area (Å²) in [5, 5.41) is 2.87.